The summed E-state index contributed by atoms with van der Waals surface area (Å²) in [4.78, 5) is 7.16. The SMILES string of the molecule is Cc1cc(F)ccc1CCNC(=NCCCN1CCOCC1)NCCc1ccco1. The molecule has 0 radical (unpaired) electrons. The third-order valence-electron chi connectivity index (χ3n) is 5.24. The van der Waals surface area contributed by atoms with E-state index in [0.717, 1.165) is 94.6 Å². The molecule has 1 aliphatic heterocycles. The summed E-state index contributed by atoms with van der Waals surface area (Å²) in [6.07, 6.45) is 4.33. The number of hydrogen-bond donors (Lipinski definition) is 2. The second-order valence-corrected chi connectivity index (χ2v) is 7.54. The Hall–Kier alpha value is -2.38. The molecule has 1 aromatic heterocycles. The average molecular weight is 417 g/mol. The smallest absolute Gasteiger partial charge is 0.191 e. The van der Waals surface area contributed by atoms with E-state index in [4.69, 9.17) is 14.1 Å². The molecule has 1 aromatic carbocycles. The molecule has 0 saturated carbocycles. The van der Waals surface area contributed by atoms with Crippen molar-refractivity contribution in [3.05, 3.63) is 59.3 Å². The van der Waals surface area contributed by atoms with Crippen LogP contribution in [0.1, 0.15) is 23.3 Å². The van der Waals surface area contributed by atoms with Crippen LogP contribution in [0.5, 0.6) is 0 Å². The molecule has 1 fully saturated rings. The van der Waals surface area contributed by atoms with Crippen molar-refractivity contribution in [1.29, 1.82) is 0 Å². The number of nitrogens with one attached hydrogen (secondary N) is 2. The summed E-state index contributed by atoms with van der Waals surface area (Å²) in [5.74, 6) is 1.57. The number of nitrogens with zero attached hydrogens (tertiary/aromatic N) is 2. The van der Waals surface area contributed by atoms with Gasteiger partial charge in [0.1, 0.15) is 11.6 Å². The van der Waals surface area contributed by atoms with Gasteiger partial charge in [0.15, 0.2) is 5.96 Å². The summed E-state index contributed by atoms with van der Waals surface area (Å²) in [5, 5.41) is 6.80. The van der Waals surface area contributed by atoms with E-state index in [1.165, 1.54) is 6.07 Å². The molecule has 164 valence electrons. The molecule has 0 unspecified atom stereocenters. The van der Waals surface area contributed by atoms with E-state index in [0.29, 0.717) is 0 Å². The molecule has 7 heteroatoms. The number of guanidine groups is 1. The molecule has 0 spiro atoms. The zero-order valence-corrected chi connectivity index (χ0v) is 17.8. The Morgan fingerprint density at radius 2 is 1.93 bits per heavy atom. The number of ether oxygens (including phenoxy) is 1. The van der Waals surface area contributed by atoms with Gasteiger partial charge in [-0.05, 0) is 55.2 Å². The number of aryl methyl sites for hydroxylation is 1. The largest absolute Gasteiger partial charge is 0.469 e. The van der Waals surface area contributed by atoms with Gasteiger partial charge in [0, 0.05) is 45.7 Å². The fraction of sp³-hybridized carbons (Fsp3) is 0.522. The van der Waals surface area contributed by atoms with E-state index in [1.54, 1.807) is 12.3 Å². The second kappa shape index (κ2) is 12.3. The lowest BCUT2D eigenvalue weighted by Crippen LogP contribution is -2.40. The zero-order chi connectivity index (χ0) is 21.0. The van der Waals surface area contributed by atoms with E-state index in [9.17, 15) is 4.39 Å². The van der Waals surface area contributed by atoms with Crippen LogP contribution in [0.25, 0.3) is 0 Å². The standard InChI is InChI=1S/C23H33FN4O2/c1-19-18-21(24)6-5-20(19)7-10-26-23(27-11-8-22-4-2-15-30-22)25-9-3-12-28-13-16-29-17-14-28/h2,4-6,15,18H,3,7-14,16-17H2,1H3,(H2,25,26,27). The van der Waals surface area contributed by atoms with Crippen LogP contribution in [0, 0.1) is 12.7 Å². The predicted octanol–water partition coefficient (Wildman–Crippen LogP) is 2.77. The fourth-order valence-corrected chi connectivity index (χ4v) is 3.50. The number of aliphatic imine (C=N–C) groups is 1. The van der Waals surface area contributed by atoms with Crippen molar-refractivity contribution < 1.29 is 13.5 Å². The van der Waals surface area contributed by atoms with E-state index in [1.807, 2.05) is 25.1 Å². The first-order chi connectivity index (χ1) is 14.7. The Labute approximate surface area is 178 Å². The molecule has 1 aliphatic rings. The van der Waals surface area contributed by atoms with Gasteiger partial charge in [0.05, 0.1) is 19.5 Å². The highest BCUT2D eigenvalue weighted by Gasteiger charge is 2.09. The number of rotatable bonds is 10. The van der Waals surface area contributed by atoms with Crippen LogP contribution < -0.4 is 10.6 Å². The Morgan fingerprint density at radius 1 is 1.13 bits per heavy atom. The van der Waals surface area contributed by atoms with Gasteiger partial charge in [-0.3, -0.25) is 9.89 Å². The average Bonchev–Trinajstić information content (AvgIpc) is 3.26. The number of hydrogen-bond acceptors (Lipinski definition) is 4. The normalized spacial score (nSPS) is 15.3. The van der Waals surface area contributed by atoms with Crippen LogP contribution in [-0.2, 0) is 17.6 Å². The Kier molecular flexibility index (Phi) is 9.18. The monoisotopic (exact) mass is 416 g/mol. The van der Waals surface area contributed by atoms with Crippen molar-refractivity contribution in [2.45, 2.75) is 26.2 Å². The molecule has 6 nitrogen and oxygen atoms in total. The number of benzene rings is 1. The summed E-state index contributed by atoms with van der Waals surface area (Å²) in [5.41, 5.74) is 2.12. The molecule has 0 amide bonds. The molecule has 30 heavy (non-hydrogen) atoms. The first-order valence-corrected chi connectivity index (χ1v) is 10.8. The minimum Gasteiger partial charge on any atom is -0.469 e. The number of morpholine rings is 1. The van der Waals surface area contributed by atoms with Crippen LogP contribution >= 0.6 is 0 Å². The van der Waals surface area contributed by atoms with Gasteiger partial charge in [0.2, 0.25) is 0 Å². The molecule has 2 heterocycles. The fourth-order valence-electron chi connectivity index (χ4n) is 3.50. The predicted molar refractivity (Wildman–Crippen MR) is 117 cm³/mol. The molecule has 2 N–H and O–H groups in total. The summed E-state index contributed by atoms with van der Waals surface area (Å²) in [7, 11) is 0. The third kappa shape index (κ3) is 7.80. The number of furan rings is 1. The van der Waals surface area contributed by atoms with Crippen molar-refractivity contribution in [2.75, 3.05) is 52.5 Å². The van der Waals surface area contributed by atoms with Crippen LogP contribution in [0.2, 0.25) is 0 Å². The van der Waals surface area contributed by atoms with Gasteiger partial charge < -0.3 is 19.8 Å². The maximum Gasteiger partial charge on any atom is 0.191 e. The molecular formula is C23H33FN4O2. The minimum atomic E-state index is -0.189. The molecule has 0 bridgehead atoms. The summed E-state index contributed by atoms with van der Waals surface area (Å²) in [6, 6.07) is 8.84. The van der Waals surface area contributed by atoms with Crippen LogP contribution in [0.15, 0.2) is 46.0 Å². The number of halogens is 1. The van der Waals surface area contributed by atoms with Gasteiger partial charge >= 0.3 is 0 Å². The molecular weight excluding hydrogens is 383 g/mol. The maximum atomic E-state index is 13.3. The highest BCUT2D eigenvalue weighted by molar-refractivity contribution is 5.79. The van der Waals surface area contributed by atoms with Gasteiger partial charge in [-0.15, -0.1) is 0 Å². The maximum absolute atomic E-state index is 13.3. The highest BCUT2D eigenvalue weighted by Crippen LogP contribution is 2.10. The molecule has 1 saturated heterocycles. The van der Waals surface area contributed by atoms with Crippen molar-refractivity contribution in [1.82, 2.24) is 15.5 Å². The minimum absolute atomic E-state index is 0.189. The van der Waals surface area contributed by atoms with Crippen molar-refractivity contribution >= 4 is 5.96 Å². The lowest BCUT2D eigenvalue weighted by molar-refractivity contribution is 0.0377. The highest BCUT2D eigenvalue weighted by atomic mass is 19.1. The lowest BCUT2D eigenvalue weighted by atomic mass is 10.1. The Bertz CT molecular complexity index is 774. The summed E-state index contributed by atoms with van der Waals surface area (Å²) in [6.45, 7) is 8.91. The summed E-state index contributed by atoms with van der Waals surface area (Å²) >= 11 is 0. The van der Waals surface area contributed by atoms with Gasteiger partial charge in [-0.25, -0.2) is 4.39 Å². The van der Waals surface area contributed by atoms with Gasteiger partial charge in [-0.1, -0.05) is 6.07 Å². The van der Waals surface area contributed by atoms with E-state index in [2.05, 4.69) is 15.5 Å². The van der Waals surface area contributed by atoms with E-state index in [-0.39, 0.29) is 5.82 Å². The van der Waals surface area contributed by atoms with Crippen molar-refractivity contribution in [3.8, 4) is 0 Å². The van der Waals surface area contributed by atoms with Gasteiger partial charge in [0.25, 0.3) is 0 Å². The van der Waals surface area contributed by atoms with Gasteiger partial charge in [-0.2, -0.15) is 0 Å². The first kappa shape index (κ1) is 22.3. The zero-order valence-electron chi connectivity index (χ0n) is 17.8. The van der Waals surface area contributed by atoms with E-state index < -0.39 is 0 Å². The Morgan fingerprint density at radius 3 is 2.67 bits per heavy atom. The van der Waals surface area contributed by atoms with Crippen molar-refractivity contribution in [3.63, 3.8) is 0 Å². The van der Waals surface area contributed by atoms with E-state index >= 15 is 0 Å². The first-order valence-electron chi connectivity index (χ1n) is 10.8. The Balaban J connectivity index is 1.45. The quantitative estimate of drug-likeness (QED) is 0.354. The van der Waals surface area contributed by atoms with Crippen LogP contribution in [0.4, 0.5) is 4.39 Å². The van der Waals surface area contributed by atoms with Crippen LogP contribution in [-0.4, -0.2) is 63.3 Å². The molecule has 0 aliphatic carbocycles. The lowest BCUT2D eigenvalue weighted by Gasteiger charge is -2.26. The second-order valence-electron chi connectivity index (χ2n) is 7.54. The topological polar surface area (TPSA) is 62.0 Å². The third-order valence-corrected chi connectivity index (χ3v) is 5.24. The molecule has 0 atom stereocenters. The molecule has 3 rings (SSSR count). The summed E-state index contributed by atoms with van der Waals surface area (Å²) < 4.78 is 24.1. The van der Waals surface area contributed by atoms with Crippen molar-refractivity contribution in [2.24, 2.45) is 4.99 Å². The van der Waals surface area contributed by atoms with Crippen LogP contribution in [0.3, 0.4) is 0 Å². The molecule has 2 aromatic rings.